The lowest BCUT2D eigenvalue weighted by Gasteiger charge is -2.42. The van der Waals surface area contributed by atoms with Crippen LogP contribution in [0, 0.1) is 0 Å². The molecule has 1 heterocycles. The number of halogens is 2. The molecule has 1 aliphatic heterocycles. The van der Waals surface area contributed by atoms with E-state index in [4.69, 9.17) is 27.9 Å². The molecule has 1 N–H and O–H groups in total. The van der Waals surface area contributed by atoms with Crippen molar-refractivity contribution in [1.82, 2.24) is 5.32 Å². The first-order chi connectivity index (χ1) is 15.0. The van der Waals surface area contributed by atoms with Gasteiger partial charge in [-0.3, -0.25) is 9.10 Å². The Labute approximate surface area is 199 Å². The van der Waals surface area contributed by atoms with Gasteiger partial charge in [-0.05, 0) is 44.0 Å². The number of sulfonamides is 1. The van der Waals surface area contributed by atoms with Crippen LogP contribution < -0.4 is 14.4 Å². The van der Waals surface area contributed by atoms with Crippen LogP contribution in [-0.4, -0.2) is 32.2 Å². The smallest absolute Gasteiger partial charge is 0.244 e. The molecule has 2 aromatic rings. The largest absolute Gasteiger partial charge is 0.487 e. The van der Waals surface area contributed by atoms with Crippen LogP contribution in [0.2, 0.25) is 10.0 Å². The normalized spacial score (nSPS) is 18.2. The van der Waals surface area contributed by atoms with Gasteiger partial charge in [-0.25, -0.2) is 8.42 Å². The second-order valence-corrected chi connectivity index (χ2v) is 10.9. The highest BCUT2D eigenvalue weighted by Crippen LogP contribution is 2.42. The number of carbonyl (C=O) groups excluding carboxylic acids is 1. The van der Waals surface area contributed by atoms with Crippen molar-refractivity contribution in [1.29, 1.82) is 0 Å². The van der Waals surface area contributed by atoms with E-state index in [0.717, 1.165) is 34.7 Å². The van der Waals surface area contributed by atoms with E-state index in [1.54, 1.807) is 6.92 Å². The molecule has 1 aliphatic rings. The number of hydrogen-bond acceptors (Lipinski definition) is 4. The standard InChI is InChI=1S/C23H28Cl2N2O4S/c1-5-23(6-2)14-20(19-9-7-8-10-21(19)31-23)26-22(28)15(3)27(32(4,29)30)18-12-16(24)11-17(25)13-18/h7-13,15,20H,5-6,14H2,1-4H3,(H,26,28)/t15-,20-/m1/s1. The van der Waals surface area contributed by atoms with Crippen molar-refractivity contribution in [3.05, 3.63) is 58.1 Å². The van der Waals surface area contributed by atoms with Gasteiger partial charge >= 0.3 is 0 Å². The van der Waals surface area contributed by atoms with Gasteiger partial charge in [0.05, 0.1) is 18.0 Å². The molecule has 0 unspecified atom stereocenters. The maximum atomic E-state index is 13.3. The van der Waals surface area contributed by atoms with Crippen molar-refractivity contribution < 1.29 is 17.9 Å². The number of benzene rings is 2. The minimum absolute atomic E-state index is 0.233. The van der Waals surface area contributed by atoms with E-state index in [2.05, 4.69) is 19.2 Å². The number of fused-ring (bicyclic) bond motifs is 1. The fraction of sp³-hybridized carbons (Fsp3) is 0.435. The van der Waals surface area contributed by atoms with E-state index in [1.165, 1.54) is 18.2 Å². The zero-order chi connectivity index (χ0) is 23.7. The van der Waals surface area contributed by atoms with Crippen LogP contribution in [0.25, 0.3) is 0 Å². The Kier molecular flexibility index (Phi) is 7.32. The minimum Gasteiger partial charge on any atom is -0.487 e. The Bertz CT molecular complexity index is 1080. The highest BCUT2D eigenvalue weighted by Gasteiger charge is 2.40. The molecule has 32 heavy (non-hydrogen) atoms. The van der Waals surface area contributed by atoms with Crippen LogP contribution in [0.15, 0.2) is 42.5 Å². The van der Waals surface area contributed by atoms with E-state index in [9.17, 15) is 13.2 Å². The van der Waals surface area contributed by atoms with Gasteiger partial charge in [0.25, 0.3) is 0 Å². The number of nitrogens with one attached hydrogen (secondary N) is 1. The van der Waals surface area contributed by atoms with Crippen molar-refractivity contribution >= 4 is 44.8 Å². The molecule has 2 aromatic carbocycles. The van der Waals surface area contributed by atoms with Crippen LogP contribution in [0.5, 0.6) is 5.75 Å². The van der Waals surface area contributed by atoms with Gasteiger partial charge in [0, 0.05) is 22.0 Å². The molecule has 0 aliphatic carbocycles. The summed E-state index contributed by atoms with van der Waals surface area (Å²) in [6.07, 6.45) is 3.22. The van der Waals surface area contributed by atoms with Gasteiger partial charge in [0.1, 0.15) is 17.4 Å². The predicted molar refractivity (Wildman–Crippen MR) is 129 cm³/mol. The van der Waals surface area contributed by atoms with E-state index < -0.39 is 27.6 Å². The number of carbonyl (C=O) groups is 1. The number of nitrogens with zero attached hydrogens (tertiary/aromatic N) is 1. The molecule has 3 rings (SSSR count). The van der Waals surface area contributed by atoms with Gasteiger partial charge < -0.3 is 10.1 Å². The molecule has 6 nitrogen and oxygen atoms in total. The fourth-order valence-corrected chi connectivity index (χ4v) is 5.87. The van der Waals surface area contributed by atoms with Crippen molar-refractivity contribution in [2.45, 2.75) is 57.7 Å². The third kappa shape index (κ3) is 5.16. The first kappa shape index (κ1) is 24.7. The van der Waals surface area contributed by atoms with Crippen LogP contribution >= 0.6 is 23.2 Å². The second-order valence-electron chi connectivity index (χ2n) is 8.16. The summed E-state index contributed by atoms with van der Waals surface area (Å²) in [5.41, 5.74) is 0.714. The molecule has 0 saturated carbocycles. The summed E-state index contributed by atoms with van der Waals surface area (Å²) in [6.45, 7) is 5.67. The number of ether oxygens (including phenoxy) is 1. The number of hydrogen-bond donors (Lipinski definition) is 1. The summed E-state index contributed by atoms with van der Waals surface area (Å²) < 4.78 is 32.6. The Balaban J connectivity index is 1.93. The maximum absolute atomic E-state index is 13.3. The number of anilines is 1. The van der Waals surface area contributed by atoms with Crippen molar-refractivity contribution in [3.8, 4) is 5.75 Å². The molecule has 0 spiro atoms. The first-order valence-electron chi connectivity index (χ1n) is 10.5. The third-order valence-corrected chi connectivity index (χ3v) is 7.67. The van der Waals surface area contributed by atoms with E-state index >= 15 is 0 Å². The molecule has 2 atom stereocenters. The third-order valence-electron chi connectivity index (χ3n) is 5.99. The molecule has 0 bridgehead atoms. The highest BCUT2D eigenvalue weighted by molar-refractivity contribution is 7.92. The summed E-state index contributed by atoms with van der Waals surface area (Å²) in [7, 11) is -3.80. The summed E-state index contributed by atoms with van der Waals surface area (Å²) >= 11 is 12.2. The lowest BCUT2D eigenvalue weighted by molar-refractivity contribution is -0.123. The molecular weight excluding hydrogens is 471 g/mol. The second kappa shape index (κ2) is 9.49. The molecular formula is C23H28Cl2N2O4S. The lowest BCUT2D eigenvalue weighted by atomic mass is 9.83. The number of rotatable bonds is 7. The zero-order valence-electron chi connectivity index (χ0n) is 18.6. The topological polar surface area (TPSA) is 75.7 Å². The summed E-state index contributed by atoms with van der Waals surface area (Å²) in [4.78, 5) is 13.3. The minimum atomic E-state index is -3.80. The lowest BCUT2D eigenvalue weighted by Crippen LogP contribution is -2.51. The Hall–Kier alpha value is -1.96. The van der Waals surface area contributed by atoms with Gasteiger partial charge in [-0.1, -0.05) is 55.2 Å². The molecule has 174 valence electrons. The van der Waals surface area contributed by atoms with E-state index in [1.807, 2.05) is 24.3 Å². The van der Waals surface area contributed by atoms with Gasteiger partial charge in [-0.15, -0.1) is 0 Å². The van der Waals surface area contributed by atoms with E-state index in [0.29, 0.717) is 6.42 Å². The van der Waals surface area contributed by atoms with Crippen LogP contribution in [-0.2, 0) is 14.8 Å². The van der Waals surface area contributed by atoms with Gasteiger partial charge in [-0.2, -0.15) is 0 Å². The quantitative estimate of drug-likeness (QED) is 0.558. The molecule has 0 fully saturated rings. The Morgan fingerprint density at radius 1 is 1.19 bits per heavy atom. The summed E-state index contributed by atoms with van der Waals surface area (Å²) in [5, 5.41) is 3.62. The maximum Gasteiger partial charge on any atom is 0.244 e. The summed E-state index contributed by atoms with van der Waals surface area (Å²) in [5.74, 6) is 0.316. The van der Waals surface area contributed by atoms with Crippen LogP contribution in [0.1, 0.15) is 51.6 Å². The average molecular weight is 499 g/mol. The predicted octanol–water partition coefficient (Wildman–Crippen LogP) is 5.35. The molecule has 9 heteroatoms. The zero-order valence-corrected chi connectivity index (χ0v) is 20.9. The molecule has 0 aromatic heterocycles. The van der Waals surface area contributed by atoms with Crippen molar-refractivity contribution in [2.75, 3.05) is 10.6 Å². The summed E-state index contributed by atoms with van der Waals surface area (Å²) in [6, 6.07) is 10.7. The molecule has 1 amide bonds. The number of amides is 1. The average Bonchev–Trinajstić information content (AvgIpc) is 2.71. The Morgan fingerprint density at radius 3 is 2.34 bits per heavy atom. The van der Waals surface area contributed by atoms with Gasteiger partial charge in [0.2, 0.25) is 15.9 Å². The van der Waals surface area contributed by atoms with Crippen LogP contribution in [0.3, 0.4) is 0 Å². The number of para-hydroxylation sites is 1. The SMILES string of the molecule is CCC1(CC)C[C@@H](NC(=O)[C@@H](C)N(c2cc(Cl)cc(Cl)c2)S(C)(=O)=O)c2ccccc2O1. The Morgan fingerprint density at radius 2 is 1.78 bits per heavy atom. The van der Waals surface area contributed by atoms with Gasteiger partial charge in [0.15, 0.2) is 0 Å². The fourth-order valence-electron chi connectivity index (χ4n) is 4.20. The van der Waals surface area contributed by atoms with Crippen molar-refractivity contribution in [3.63, 3.8) is 0 Å². The van der Waals surface area contributed by atoms with Crippen molar-refractivity contribution in [2.24, 2.45) is 0 Å². The highest BCUT2D eigenvalue weighted by atomic mass is 35.5. The monoisotopic (exact) mass is 498 g/mol. The molecule has 0 radical (unpaired) electrons. The van der Waals surface area contributed by atoms with Crippen LogP contribution in [0.4, 0.5) is 5.69 Å². The molecule has 0 saturated heterocycles. The first-order valence-corrected chi connectivity index (χ1v) is 13.1. The van der Waals surface area contributed by atoms with E-state index in [-0.39, 0.29) is 21.8 Å².